The third-order valence-electron chi connectivity index (χ3n) is 5.76. The van der Waals surface area contributed by atoms with Gasteiger partial charge in [-0.1, -0.05) is 41.4 Å². The molecule has 0 bridgehead atoms. The smallest absolute Gasteiger partial charge is 0.326 e. The zero-order chi connectivity index (χ0) is 27.8. The highest BCUT2D eigenvalue weighted by Crippen LogP contribution is 2.25. The Morgan fingerprint density at radius 3 is 2.26 bits per heavy atom. The highest BCUT2D eigenvalue weighted by Gasteiger charge is 2.34. The Balaban J connectivity index is 1.64. The summed E-state index contributed by atoms with van der Waals surface area (Å²) in [6.07, 6.45) is -0.632. The molecule has 38 heavy (non-hydrogen) atoms. The van der Waals surface area contributed by atoms with Gasteiger partial charge < -0.3 is 25.7 Å². The minimum absolute atomic E-state index is 0.0432. The van der Waals surface area contributed by atoms with Crippen LogP contribution in [0.5, 0.6) is 0 Å². The van der Waals surface area contributed by atoms with E-state index in [0.29, 0.717) is 17.0 Å². The van der Waals surface area contributed by atoms with E-state index in [1.807, 2.05) is 0 Å². The topological polar surface area (TPSA) is 153 Å². The predicted molar refractivity (Wildman–Crippen MR) is 144 cm³/mol. The summed E-state index contributed by atoms with van der Waals surface area (Å²) in [7, 11) is 0. The van der Waals surface area contributed by atoms with Crippen LogP contribution in [0.2, 0.25) is 10.0 Å². The second-order valence-electron chi connectivity index (χ2n) is 8.42. The molecule has 202 valence electrons. The maximum atomic E-state index is 13.0. The van der Waals surface area contributed by atoms with E-state index in [2.05, 4.69) is 10.6 Å². The lowest BCUT2D eigenvalue weighted by Gasteiger charge is -2.35. The lowest BCUT2D eigenvalue weighted by atomic mass is 10.0. The third-order valence-corrected chi connectivity index (χ3v) is 7.41. The first-order valence-corrected chi connectivity index (χ1v) is 13.4. The number of halogens is 2. The summed E-state index contributed by atoms with van der Waals surface area (Å²) in [6, 6.07) is 8.94. The monoisotopic (exact) mass is 581 g/mol. The van der Waals surface area contributed by atoms with E-state index in [1.165, 1.54) is 16.7 Å². The first-order chi connectivity index (χ1) is 18.1. The van der Waals surface area contributed by atoms with Crippen LogP contribution >= 0.6 is 35.0 Å². The fraction of sp³-hybridized carbons (Fsp3) is 0.320. The molecule has 0 unspecified atom stereocenters. The third kappa shape index (κ3) is 7.86. The molecule has 0 aliphatic carbocycles. The molecule has 1 aliphatic heterocycles. The Bertz CT molecular complexity index is 1210. The number of carbonyl (C=O) groups excluding carboxylic acids is 3. The van der Waals surface area contributed by atoms with Gasteiger partial charge in [-0.25, -0.2) is 4.79 Å². The largest absolute Gasteiger partial charge is 0.481 e. The van der Waals surface area contributed by atoms with Gasteiger partial charge in [-0.15, -0.1) is 0 Å². The maximum absolute atomic E-state index is 13.0. The summed E-state index contributed by atoms with van der Waals surface area (Å²) >= 11 is 13.6. The number of hydrogen-bond donors (Lipinski definition) is 4. The van der Waals surface area contributed by atoms with Crippen molar-refractivity contribution < 1.29 is 34.2 Å². The molecule has 4 N–H and O–H groups in total. The van der Waals surface area contributed by atoms with Crippen molar-refractivity contribution in [2.24, 2.45) is 0 Å². The van der Waals surface area contributed by atoms with Crippen molar-refractivity contribution in [1.82, 2.24) is 10.2 Å². The molecule has 2 aromatic rings. The zero-order valence-corrected chi connectivity index (χ0v) is 22.3. The van der Waals surface area contributed by atoms with Crippen LogP contribution in [0.1, 0.15) is 28.8 Å². The average Bonchev–Trinajstić information content (AvgIpc) is 2.87. The van der Waals surface area contributed by atoms with Crippen LogP contribution in [0.15, 0.2) is 42.5 Å². The van der Waals surface area contributed by atoms with Gasteiger partial charge in [0, 0.05) is 36.6 Å². The van der Waals surface area contributed by atoms with Crippen LogP contribution in [-0.4, -0.2) is 74.9 Å². The number of rotatable bonds is 10. The van der Waals surface area contributed by atoms with Gasteiger partial charge in [0.2, 0.25) is 11.8 Å². The van der Waals surface area contributed by atoms with Gasteiger partial charge in [-0.05, 0) is 29.8 Å². The van der Waals surface area contributed by atoms with Crippen LogP contribution in [0, 0.1) is 0 Å². The van der Waals surface area contributed by atoms with Crippen LogP contribution in [0.4, 0.5) is 5.69 Å². The van der Waals surface area contributed by atoms with Gasteiger partial charge >= 0.3 is 11.9 Å². The van der Waals surface area contributed by atoms with E-state index < -0.39 is 41.7 Å². The highest BCUT2D eigenvalue weighted by molar-refractivity contribution is 7.99. The Labute approximate surface area is 232 Å². The van der Waals surface area contributed by atoms with Crippen molar-refractivity contribution in [1.29, 1.82) is 0 Å². The number of hydrogen-bond acceptors (Lipinski definition) is 6. The summed E-state index contributed by atoms with van der Waals surface area (Å²) in [5.74, 6) is -3.08. The minimum atomic E-state index is -1.27. The number of benzene rings is 2. The normalized spacial score (nSPS) is 15.8. The SMILES string of the molecule is O=C(O)CCC(=O)N1CCSC[C@H]1C(=O)N[C@@H](Cc1ccc(NC(=O)c2c(Cl)cccc2Cl)cc1)C(=O)O. The number of amides is 3. The second-order valence-corrected chi connectivity index (χ2v) is 10.4. The summed E-state index contributed by atoms with van der Waals surface area (Å²) in [5, 5.41) is 24.1. The molecule has 0 saturated carbocycles. The Morgan fingerprint density at radius 2 is 1.66 bits per heavy atom. The maximum Gasteiger partial charge on any atom is 0.326 e. The van der Waals surface area contributed by atoms with E-state index in [9.17, 15) is 29.1 Å². The van der Waals surface area contributed by atoms with Crippen molar-refractivity contribution in [2.75, 3.05) is 23.4 Å². The van der Waals surface area contributed by atoms with Crippen LogP contribution < -0.4 is 10.6 Å². The van der Waals surface area contributed by atoms with Gasteiger partial charge in [-0.2, -0.15) is 11.8 Å². The molecule has 1 heterocycles. The van der Waals surface area contributed by atoms with E-state index in [1.54, 1.807) is 42.5 Å². The summed E-state index contributed by atoms with van der Waals surface area (Å²) < 4.78 is 0. The first kappa shape index (κ1) is 29.3. The summed E-state index contributed by atoms with van der Waals surface area (Å²) in [6.45, 7) is 0.269. The number of nitrogens with one attached hydrogen (secondary N) is 2. The molecule has 0 aromatic heterocycles. The fourth-order valence-electron chi connectivity index (χ4n) is 3.81. The van der Waals surface area contributed by atoms with Crippen LogP contribution in [-0.2, 0) is 25.6 Å². The van der Waals surface area contributed by atoms with E-state index >= 15 is 0 Å². The Kier molecular flexibility index (Phi) is 10.4. The van der Waals surface area contributed by atoms with Crippen molar-refractivity contribution in [2.45, 2.75) is 31.3 Å². The van der Waals surface area contributed by atoms with Crippen molar-refractivity contribution in [3.05, 3.63) is 63.6 Å². The molecule has 1 fully saturated rings. The first-order valence-electron chi connectivity index (χ1n) is 11.5. The number of carboxylic acid groups (broad SMARTS) is 2. The molecule has 2 atom stereocenters. The van der Waals surface area contributed by atoms with Gasteiger partial charge in [0.05, 0.1) is 22.0 Å². The van der Waals surface area contributed by atoms with Gasteiger partial charge in [0.25, 0.3) is 5.91 Å². The number of thioether (sulfide) groups is 1. The standard InChI is InChI=1S/C25H25Cl2N3O7S/c26-16-2-1-3-17(27)22(16)24(35)28-15-6-4-14(5-7-15)12-18(25(36)37)29-23(34)19-13-38-11-10-30(19)20(31)8-9-21(32)33/h1-7,18-19H,8-13H2,(H,28,35)(H,29,34)(H,32,33)(H,36,37)/t18-,19-/m0/s1. The number of carbonyl (C=O) groups is 5. The molecule has 13 heteroatoms. The van der Waals surface area contributed by atoms with E-state index in [4.69, 9.17) is 28.3 Å². The molecule has 0 radical (unpaired) electrons. The molecular weight excluding hydrogens is 557 g/mol. The molecule has 3 amide bonds. The molecular formula is C25H25Cl2N3O7S. The van der Waals surface area contributed by atoms with Crippen LogP contribution in [0.3, 0.4) is 0 Å². The van der Waals surface area contributed by atoms with Gasteiger partial charge in [0.15, 0.2) is 0 Å². The average molecular weight is 582 g/mol. The summed E-state index contributed by atoms with van der Waals surface area (Å²) in [4.78, 5) is 62.0. The van der Waals surface area contributed by atoms with Gasteiger partial charge in [0.1, 0.15) is 12.1 Å². The number of aliphatic carboxylic acids is 2. The zero-order valence-electron chi connectivity index (χ0n) is 20.0. The quantitative estimate of drug-likeness (QED) is 0.333. The minimum Gasteiger partial charge on any atom is -0.481 e. The molecule has 1 saturated heterocycles. The Morgan fingerprint density at radius 1 is 1.00 bits per heavy atom. The molecule has 3 rings (SSSR count). The molecule has 2 aromatic carbocycles. The number of carboxylic acids is 2. The van der Waals surface area contributed by atoms with Crippen molar-refractivity contribution in [3.8, 4) is 0 Å². The predicted octanol–water partition coefficient (Wildman–Crippen LogP) is 3.17. The second kappa shape index (κ2) is 13.5. The molecule has 10 nitrogen and oxygen atoms in total. The lowest BCUT2D eigenvalue weighted by molar-refractivity contribution is -0.145. The van der Waals surface area contributed by atoms with Gasteiger partial charge in [-0.3, -0.25) is 19.2 Å². The lowest BCUT2D eigenvalue weighted by Crippen LogP contribution is -2.57. The molecule has 1 aliphatic rings. The van der Waals surface area contributed by atoms with E-state index in [-0.39, 0.29) is 47.2 Å². The van der Waals surface area contributed by atoms with Crippen LogP contribution in [0.25, 0.3) is 0 Å². The fourth-order valence-corrected chi connectivity index (χ4v) is 5.43. The Hall–Kier alpha value is -3.28. The number of anilines is 1. The van der Waals surface area contributed by atoms with E-state index in [0.717, 1.165) is 0 Å². The molecule has 0 spiro atoms. The van der Waals surface area contributed by atoms with Crippen molar-refractivity contribution in [3.63, 3.8) is 0 Å². The summed E-state index contributed by atoms with van der Waals surface area (Å²) in [5.41, 5.74) is 1.14. The van der Waals surface area contributed by atoms with Crippen molar-refractivity contribution >= 4 is 70.3 Å². The highest BCUT2D eigenvalue weighted by atomic mass is 35.5. The number of nitrogens with zero attached hydrogens (tertiary/aromatic N) is 1.